The van der Waals surface area contributed by atoms with Gasteiger partial charge in [-0.15, -0.1) is 0 Å². The maximum absolute atomic E-state index is 11.1. The normalized spacial score (nSPS) is 11.0. The van der Waals surface area contributed by atoms with Crippen molar-refractivity contribution >= 4 is 0 Å². The van der Waals surface area contributed by atoms with Gasteiger partial charge in [0.25, 0.3) is 5.43 Å². The van der Waals surface area contributed by atoms with Crippen molar-refractivity contribution in [3.8, 4) is 17.0 Å². The molecule has 0 saturated carbocycles. The van der Waals surface area contributed by atoms with E-state index in [1.54, 1.807) is 0 Å². The van der Waals surface area contributed by atoms with Crippen LogP contribution >= 0.6 is 0 Å². The van der Waals surface area contributed by atoms with E-state index in [2.05, 4.69) is 4.98 Å². The Morgan fingerprint density at radius 2 is 1.86 bits per heavy atom. The SMILES string of the molecule is Cc1cc(C)c(-c2c(O)c(=O)c2=O)[nH]1. The van der Waals surface area contributed by atoms with E-state index in [0.717, 1.165) is 11.3 Å². The molecule has 0 aliphatic rings. The van der Waals surface area contributed by atoms with Gasteiger partial charge in [-0.1, -0.05) is 0 Å². The molecular formula is C10H9NO3. The highest BCUT2D eigenvalue weighted by Gasteiger charge is 2.23. The standard InChI is InChI=1S/C10H9NO3/c1-4-3-5(2)11-7(4)6-8(12)10(14)9(6)13/h3,11-12H,1-2H3. The summed E-state index contributed by atoms with van der Waals surface area (Å²) in [5, 5.41) is 9.22. The minimum atomic E-state index is -0.799. The predicted octanol–water partition coefficient (Wildman–Crippen LogP) is 0.600. The molecule has 0 unspecified atom stereocenters. The molecule has 0 saturated heterocycles. The highest BCUT2D eigenvalue weighted by atomic mass is 16.3. The minimum Gasteiger partial charge on any atom is -0.503 e. The summed E-state index contributed by atoms with van der Waals surface area (Å²) in [5.74, 6) is -0.431. The van der Waals surface area contributed by atoms with Crippen LogP contribution in [0.4, 0.5) is 0 Å². The van der Waals surface area contributed by atoms with Gasteiger partial charge in [-0.2, -0.15) is 0 Å². The van der Waals surface area contributed by atoms with E-state index in [0.29, 0.717) is 5.69 Å². The lowest BCUT2D eigenvalue weighted by Gasteiger charge is -2.04. The molecule has 0 radical (unpaired) electrons. The molecule has 1 heterocycles. The molecule has 0 aliphatic carbocycles. The van der Waals surface area contributed by atoms with Crippen LogP contribution in [0.1, 0.15) is 11.3 Å². The third-order valence-corrected chi connectivity index (χ3v) is 2.28. The first-order chi connectivity index (χ1) is 6.52. The Morgan fingerprint density at radius 3 is 2.29 bits per heavy atom. The molecular weight excluding hydrogens is 182 g/mol. The summed E-state index contributed by atoms with van der Waals surface area (Å²) in [5.41, 5.74) is 0.985. The zero-order chi connectivity index (χ0) is 10.5. The van der Waals surface area contributed by atoms with E-state index in [-0.39, 0.29) is 5.56 Å². The van der Waals surface area contributed by atoms with Gasteiger partial charge in [0.2, 0.25) is 5.43 Å². The first-order valence-electron chi connectivity index (χ1n) is 4.21. The van der Waals surface area contributed by atoms with Crippen LogP contribution in [0.3, 0.4) is 0 Å². The number of aryl methyl sites for hydroxylation is 2. The maximum Gasteiger partial charge on any atom is 0.268 e. The minimum absolute atomic E-state index is 0.112. The number of aromatic amines is 1. The molecule has 2 rings (SSSR count). The van der Waals surface area contributed by atoms with Gasteiger partial charge in [-0.25, -0.2) is 0 Å². The fourth-order valence-electron chi connectivity index (χ4n) is 1.60. The van der Waals surface area contributed by atoms with Crippen molar-refractivity contribution in [2.45, 2.75) is 13.8 Å². The summed E-state index contributed by atoms with van der Waals surface area (Å²) < 4.78 is 0. The topological polar surface area (TPSA) is 70.2 Å². The van der Waals surface area contributed by atoms with E-state index >= 15 is 0 Å². The molecule has 72 valence electrons. The van der Waals surface area contributed by atoms with Crippen LogP contribution in [0.25, 0.3) is 11.3 Å². The van der Waals surface area contributed by atoms with Crippen LogP contribution in [-0.4, -0.2) is 10.1 Å². The molecule has 4 nitrogen and oxygen atoms in total. The Bertz CT molecular complexity index is 570. The second kappa shape index (κ2) is 2.57. The van der Waals surface area contributed by atoms with E-state index in [1.165, 1.54) is 0 Å². The third kappa shape index (κ3) is 0.937. The highest BCUT2D eigenvalue weighted by Crippen LogP contribution is 2.26. The molecule has 0 atom stereocenters. The van der Waals surface area contributed by atoms with Crippen molar-refractivity contribution in [1.29, 1.82) is 0 Å². The van der Waals surface area contributed by atoms with Gasteiger partial charge < -0.3 is 10.1 Å². The van der Waals surface area contributed by atoms with Crippen LogP contribution in [-0.2, 0) is 0 Å². The lowest BCUT2D eigenvalue weighted by atomic mass is 10.0. The van der Waals surface area contributed by atoms with Crippen molar-refractivity contribution < 1.29 is 5.11 Å². The van der Waals surface area contributed by atoms with Crippen LogP contribution in [0.2, 0.25) is 0 Å². The van der Waals surface area contributed by atoms with Crippen LogP contribution in [0, 0.1) is 13.8 Å². The fraction of sp³-hybridized carbons (Fsp3) is 0.200. The van der Waals surface area contributed by atoms with Gasteiger partial charge >= 0.3 is 0 Å². The largest absolute Gasteiger partial charge is 0.503 e. The Morgan fingerprint density at radius 1 is 1.21 bits per heavy atom. The summed E-state index contributed by atoms with van der Waals surface area (Å²) in [4.78, 5) is 24.9. The van der Waals surface area contributed by atoms with Gasteiger partial charge in [-0.05, 0) is 25.5 Å². The molecule has 4 heteroatoms. The fourth-order valence-corrected chi connectivity index (χ4v) is 1.60. The Labute approximate surface area is 79.5 Å². The zero-order valence-corrected chi connectivity index (χ0v) is 7.84. The number of H-pyrrole nitrogens is 1. The van der Waals surface area contributed by atoms with Crippen LogP contribution < -0.4 is 10.9 Å². The van der Waals surface area contributed by atoms with E-state index in [4.69, 9.17) is 0 Å². The predicted molar refractivity (Wildman–Crippen MR) is 52.3 cm³/mol. The molecule has 0 aliphatic heterocycles. The van der Waals surface area contributed by atoms with Crippen molar-refractivity contribution in [1.82, 2.24) is 4.98 Å². The quantitative estimate of drug-likeness (QED) is 0.648. The Kier molecular flexibility index (Phi) is 1.61. The summed E-state index contributed by atoms with van der Waals surface area (Å²) in [6, 6.07) is 1.85. The van der Waals surface area contributed by atoms with Crippen molar-refractivity contribution in [3.63, 3.8) is 0 Å². The first-order valence-corrected chi connectivity index (χ1v) is 4.21. The van der Waals surface area contributed by atoms with Gasteiger partial charge in [0.05, 0.1) is 11.3 Å². The molecule has 1 aromatic heterocycles. The van der Waals surface area contributed by atoms with E-state index in [1.807, 2.05) is 19.9 Å². The average Bonchev–Trinajstić information content (AvgIpc) is 2.45. The second-order valence-electron chi connectivity index (χ2n) is 3.39. The summed E-state index contributed by atoms with van der Waals surface area (Å²) in [6.07, 6.45) is 0. The van der Waals surface area contributed by atoms with Crippen LogP contribution in [0.15, 0.2) is 15.7 Å². The number of aromatic hydroxyl groups is 1. The molecule has 2 aromatic rings. The van der Waals surface area contributed by atoms with Gasteiger partial charge in [-0.3, -0.25) is 9.59 Å². The molecule has 0 bridgehead atoms. The molecule has 14 heavy (non-hydrogen) atoms. The number of aromatic nitrogens is 1. The lowest BCUT2D eigenvalue weighted by molar-refractivity contribution is 0.465. The molecule has 0 spiro atoms. The summed E-state index contributed by atoms with van der Waals surface area (Å²) in [7, 11) is 0. The van der Waals surface area contributed by atoms with Crippen molar-refractivity contribution in [2.24, 2.45) is 0 Å². The van der Waals surface area contributed by atoms with Gasteiger partial charge in [0, 0.05) is 5.69 Å². The lowest BCUT2D eigenvalue weighted by Crippen LogP contribution is -2.32. The first kappa shape index (κ1) is 8.74. The highest BCUT2D eigenvalue weighted by molar-refractivity contribution is 5.73. The number of hydrogen-bond acceptors (Lipinski definition) is 3. The van der Waals surface area contributed by atoms with Crippen molar-refractivity contribution in [3.05, 3.63) is 37.8 Å². The van der Waals surface area contributed by atoms with E-state index < -0.39 is 16.6 Å². The number of hydrogen-bond donors (Lipinski definition) is 2. The summed E-state index contributed by atoms with van der Waals surface area (Å²) in [6.45, 7) is 3.66. The van der Waals surface area contributed by atoms with Crippen LogP contribution in [0.5, 0.6) is 5.75 Å². The Hall–Kier alpha value is -1.84. The van der Waals surface area contributed by atoms with Crippen molar-refractivity contribution in [2.75, 3.05) is 0 Å². The molecule has 0 amide bonds. The average molecular weight is 191 g/mol. The molecule has 2 N–H and O–H groups in total. The zero-order valence-electron chi connectivity index (χ0n) is 7.84. The third-order valence-electron chi connectivity index (χ3n) is 2.28. The monoisotopic (exact) mass is 191 g/mol. The van der Waals surface area contributed by atoms with E-state index in [9.17, 15) is 14.7 Å². The van der Waals surface area contributed by atoms with Gasteiger partial charge in [0.15, 0.2) is 5.75 Å². The maximum atomic E-state index is 11.1. The Balaban J connectivity index is 2.68. The number of rotatable bonds is 1. The summed E-state index contributed by atoms with van der Waals surface area (Å²) >= 11 is 0. The smallest absolute Gasteiger partial charge is 0.268 e. The molecule has 1 aromatic carbocycles. The molecule has 0 fully saturated rings. The van der Waals surface area contributed by atoms with Gasteiger partial charge in [0.1, 0.15) is 0 Å². The number of nitrogens with one attached hydrogen (secondary N) is 1. The second-order valence-corrected chi connectivity index (χ2v) is 3.39.